The van der Waals surface area contributed by atoms with Gasteiger partial charge in [-0.2, -0.15) is 18.3 Å². The molecule has 8 heteroatoms. The number of aliphatic hydroxyl groups excluding tert-OH is 1. The van der Waals surface area contributed by atoms with Crippen LogP contribution in [0.5, 0.6) is 0 Å². The SMILES string of the molecule is O=C(NCCc1cccc(C(F)(F)F)c1)c1ccnn1CCO. The number of benzene rings is 1. The van der Waals surface area contributed by atoms with E-state index in [1.165, 1.54) is 23.0 Å². The summed E-state index contributed by atoms with van der Waals surface area (Å²) in [5.74, 6) is -0.386. The summed E-state index contributed by atoms with van der Waals surface area (Å²) in [7, 11) is 0. The molecule has 0 aliphatic carbocycles. The fourth-order valence-electron chi connectivity index (χ4n) is 2.11. The Morgan fingerprint density at radius 3 is 2.78 bits per heavy atom. The molecule has 2 rings (SSSR count). The van der Waals surface area contributed by atoms with E-state index in [9.17, 15) is 18.0 Å². The Morgan fingerprint density at radius 1 is 1.30 bits per heavy atom. The van der Waals surface area contributed by atoms with Crippen molar-refractivity contribution in [3.8, 4) is 0 Å². The van der Waals surface area contributed by atoms with Crippen molar-refractivity contribution in [2.24, 2.45) is 0 Å². The first-order chi connectivity index (χ1) is 10.9. The summed E-state index contributed by atoms with van der Waals surface area (Å²) >= 11 is 0. The molecular weight excluding hydrogens is 311 g/mol. The molecule has 1 aromatic carbocycles. The minimum Gasteiger partial charge on any atom is -0.394 e. The van der Waals surface area contributed by atoms with E-state index in [0.717, 1.165) is 12.1 Å². The number of carbonyl (C=O) groups excluding carboxylic acids is 1. The van der Waals surface area contributed by atoms with Gasteiger partial charge < -0.3 is 10.4 Å². The molecule has 0 atom stereocenters. The molecule has 0 spiro atoms. The number of rotatable bonds is 6. The second-order valence-electron chi connectivity index (χ2n) is 4.87. The molecule has 23 heavy (non-hydrogen) atoms. The molecule has 1 aromatic heterocycles. The van der Waals surface area contributed by atoms with Gasteiger partial charge in [0.25, 0.3) is 5.91 Å². The normalized spacial score (nSPS) is 11.5. The van der Waals surface area contributed by atoms with E-state index in [1.54, 1.807) is 6.07 Å². The quantitative estimate of drug-likeness (QED) is 0.851. The average molecular weight is 327 g/mol. The number of carbonyl (C=O) groups is 1. The summed E-state index contributed by atoms with van der Waals surface area (Å²) < 4.78 is 39.2. The van der Waals surface area contributed by atoms with Crippen LogP contribution in [-0.4, -0.2) is 33.9 Å². The third-order valence-electron chi connectivity index (χ3n) is 3.21. The lowest BCUT2D eigenvalue weighted by atomic mass is 10.1. The van der Waals surface area contributed by atoms with Gasteiger partial charge in [-0.25, -0.2) is 0 Å². The van der Waals surface area contributed by atoms with Crippen LogP contribution in [0.3, 0.4) is 0 Å². The monoisotopic (exact) mass is 327 g/mol. The first kappa shape index (κ1) is 17.0. The highest BCUT2D eigenvalue weighted by Gasteiger charge is 2.30. The van der Waals surface area contributed by atoms with E-state index in [1.807, 2.05) is 0 Å². The molecule has 0 radical (unpaired) electrons. The Bertz CT molecular complexity index is 668. The number of hydrogen-bond donors (Lipinski definition) is 2. The fourth-order valence-corrected chi connectivity index (χ4v) is 2.11. The van der Waals surface area contributed by atoms with Gasteiger partial charge in [0.2, 0.25) is 0 Å². The summed E-state index contributed by atoms with van der Waals surface area (Å²) in [6.45, 7) is 0.250. The summed E-state index contributed by atoms with van der Waals surface area (Å²) in [4.78, 5) is 12.0. The number of nitrogens with zero attached hydrogens (tertiary/aromatic N) is 2. The van der Waals surface area contributed by atoms with E-state index in [4.69, 9.17) is 5.11 Å². The van der Waals surface area contributed by atoms with Crippen LogP contribution < -0.4 is 5.32 Å². The topological polar surface area (TPSA) is 67.2 Å². The number of aromatic nitrogens is 2. The van der Waals surface area contributed by atoms with Crippen molar-refractivity contribution in [3.63, 3.8) is 0 Å². The summed E-state index contributed by atoms with van der Waals surface area (Å²) in [6.07, 6.45) is -2.66. The lowest BCUT2D eigenvalue weighted by Crippen LogP contribution is -2.28. The van der Waals surface area contributed by atoms with E-state index in [-0.39, 0.29) is 32.0 Å². The number of aliphatic hydroxyl groups is 1. The van der Waals surface area contributed by atoms with Crippen LogP contribution in [0.4, 0.5) is 13.2 Å². The van der Waals surface area contributed by atoms with Crippen LogP contribution in [0.15, 0.2) is 36.5 Å². The van der Waals surface area contributed by atoms with Crippen LogP contribution in [0, 0.1) is 0 Å². The molecule has 2 aromatic rings. The maximum Gasteiger partial charge on any atom is 0.416 e. The Morgan fingerprint density at radius 2 is 2.09 bits per heavy atom. The molecule has 124 valence electrons. The minimum absolute atomic E-state index is 0.147. The third-order valence-corrected chi connectivity index (χ3v) is 3.21. The van der Waals surface area contributed by atoms with E-state index in [0.29, 0.717) is 11.3 Å². The number of halogens is 3. The standard InChI is InChI=1S/C15H16F3N3O2/c16-15(17,18)12-3-1-2-11(10-12)4-6-19-14(23)13-5-7-20-21(13)8-9-22/h1-3,5,7,10,22H,4,6,8-9H2,(H,19,23). The first-order valence-corrected chi connectivity index (χ1v) is 6.99. The Labute approximate surface area is 130 Å². The molecule has 0 unspecified atom stereocenters. The van der Waals surface area contributed by atoms with Gasteiger partial charge in [0.15, 0.2) is 0 Å². The maximum absolute atomic E-state index is 12.6. The third kappa shape index (κ3) is 4.56. The predicted octanol–water partition coefficient (Wildman–Crippen LogP) is 1.87. The van der Waals surface area contributed by atoms with Gasteiger partial charge in [0.05, 0.1) is 18.7 Å². The van der Waals surface area contributed by atoms with Crippen molar-refractivity contribution in [2.45, 2.75) is 19.1 Å². The van der Waals surface area contributed by atoms with Gasteiger partial charge in [-0.1, -0.05) is 18.2 Å². The highest BCUT2D eigenvalue weighted by molar-refractivity contribution is 5.92. The number of alkyl halides is 3. The van der Waals surface area contributed by atoms with Crippen molar-refractivity contribution in [3.05, 3.63) is 53.3 Å². The second-order valence-corrected chi connectivity index (χ2v) is 4.87. The number of amides is 1. The molecule has 0 fully saturated rings. The second kappa shape index (κ2) is 7.28. The van der Waals surface area contributed by atoms with Crippen LogP contribution in [-0.2, 0) is 19.1 Å². The van der Waals surface area contributed by atoms with Crippen LogP contribution >= 0.6 is 0 Å². The van der Waals surface area contributed by atoms with Gasteiger partial charge in [0, 0.05) is 12.7 Å². The molecule has 5 nitrogen and oxygen atoms in total. The van der Waals surface area contributed by atoms with Crippen LogP contribution in [0.25, 0.3) is 0 Å². The molecule has 1 amide bonds. The largest absolute Gasteiger partial charge is 0.416 e. The summed E-state index contributed by atoms with van der Waals surface area (Å²) in [5, 5.41) is 15.4. The van der Waals surface area contributed by atoms with Crippen molar-refractivity contribution >= 4 is 5.91 Å². The first-order valence-electron chi connectivity index (χ1n) is 6.99. The smallest absolute Gasteiger partial charge is 0.394 e. The van der Waals surface area contributed by atoms with Crippen molar-refractivity contribution < 1.29 is 23.1 Å². The molecule has 0 saturated carbocycles. The van der Waals surface area contributed by atoms with Crippen LogP contribution in [0.2, 0.25) is 0 Å². The maximum atomic E-state index is 12.6. The number of hydrogen-bond acceptors (Lipinski definition) is 3. The minimum atomic E-state index is -4.38. The number of nitrogens with one attached hydrogen (secondary N) is 1. The van der Waals surface area contributed by atoms with Gasteiger partial charge in [-0.15, -0.1) is 0 Å². The van der Waals surface area contributed by atoms with Gasteiger partial charge >= 0.3 is 6.18 Å². The molecule has 0 bridgehead atoms. The van der Waals surface area contributed by atoms with Gasteiger partial charge in [0.1, 0.15) is 5.69 Å². The molecular formula is C15H16F3N3O2. The highest BCUT2D eigenvalue weighted by atomic mass is 19.4. The molecule has 0 aliphatic rings. The predicted molar refractivity (Wildman–Crippen MR) is 76.8 cm³/mol. The van der Waals surface area contributed by atoms with E-state index >= 15 is 0 Å². The lowest BCUT2D eigenvalue weighted by molar-refractivity contribution is -0.137. The van der Waals surface area contributed by atoms with Crippen molar-refractivity contribution in [1.82, 2.24) is 15.1 Å². The lowest BCUT2D eigenvalue weighted by Gasteiger charge is -2.10. The average Bonchev–Trinajstić information content (AvgIpc) is 2.95. The molecule has 0 saturated heterocycles. The summed E-state index contributed by atoms with van der Waals surface area (Å²) in [5.41, 5.74) is 0.0782. The molecule has 0 aliphatic heterocycles. The van der Waals surface area contributed by atoms with Gasteiger partial charge in [-0.3, -0.25) is 9.48 Å². The highest BCUT2D eigenvalue weighted by Crippen LogP contribution is 2.29. The Balaban J connectivity index is 1.92. The van der Waals surface area contributed by atoms with Gasteiger partial charge in [-0.05, 0) is 24.1 Å². The zero-order valence-corrected chi connectivity index (χ0v) is 12.2. The van der Waals surface area contributed by atoms with Crippen LogP contribution in [0.1, 0.15) is 21.6 Å². The Hall–Kier alpha value is -2.35. The van der Waals surface area contributed by atoms with Crippen molar-refractivity contribution in [2.75, 3.05) is 13.2 Å². The Kier molecular flexibility index (Phi) is 5.38. The fraction of sp³-hybridized carbons (Fsp3) is 0.333. The van der Waals surface area contributed by atoms with Crippen molar-refractivity contribution in [1.29, 1.82) is 0 Å². The summed E-state index contributed by atoms with van der Waals surface area (Å²) in [6, 6.07) is 6.51. The molecule has 1 heterocycles. The zero-order chi connectivity index (χ0) is 16.9. The zero-order valence-electron chi connectivity index (χ0n) is 12.2. The molecule has 2 N–H and O–H groups in total. The van der Waals surface area contributed by atoms with E-state index < -0.39 is 11.7 Å². The van der Waals surface area contributed by atoms with E-state index in [2.05, 4.69) is 10.4 Å².